The van der Waals surface area contributed by atoms with Crippen LogP contribution in [-0.4, -0.2) is 66.9 Å². The molecular formula is C14H24N2O3. The number of esters is 1. The minimum absolute atomic E-state index is 0.0288. The van der Waals surface area contributed by atoms with Gasteiger partial charge in [0.2, 0.25) is 0 Å². The van der Waals surface area contributed by atoms with Crippen LogP contribution in [0.3, 0.4) is 0 Å². The molecule has 2 rings (SSSR count). The van der Waals surface area contributed by atoms with Crippen molar-refractivity contribution in [3.05, 3.63) is 0 Å². The average molecular weight is 268 g/mol. The highest BCUT2D eigenvalue weighted by Crippen LogP contribution is 2.28. The number of ketones is 1. The van der Waals surface area contributed by atoms with Crippen LogP contribution in [0, 0.1) is 0 Å². The fraction of sp³-hybridized carbons (Fsp3) is 0.857. The van der Waals surface area contributed by atoms with Gasteiger partial charge in [-0.1, -0.05) is 0 Å². The van der Waals surface area contributed by atoms with E-state index in [2.05, 4.69) is 16.8 Å². The Bertz CT molecular complexity index is 346. The van der Waals surface area contributed by atoms with Gasteiger partial charge in [-0.2, -0.15) is 0 Å². The SMILES string of the molecule is CCOC(=O)CC(=O)CN1CCC2CCC(C1)N2C. The van der Waals surface area contributed by atoms with E-state index in [0.717, 1.165) is 19.5 Å². The van der Waals surface area contributed by atoms with Gasteiger partial charge in [-0.15, -0.1) is 0 Å². The number of hydrogen-bond acceptors (Lipinski definition) is 5. The van der Waals surface area contributed by atoms with E-state index in [0.29, 0.717) is 25.2 Å². The van der Waals surface area contributed by atoms with Gasteiger partial charge in [-0.05, 0) is 33.2 Å². The van der Waals surface area contributed by atoms with Gasteiger partial charge in [-0.3, -0.25) is 19.4 Å². The molecular weight excluding hydrogens is 244 g/mol. The number of likely N-dealkylation sites (N-methyl/N-ethyl adjacent to an activating group) is 1. The molecule has 2 atom stereocenters. The average Bonchev–Trinajstić information content (AvgIpc) is 2.57. The number of Topliss-reactive ketones (excluding diaryl/α,β-unsaturated/α-hetero) is 1. The molecule has 2 unspecified atom stereocenters. The maximum absolute atomic E-state index is 11.8. The van der Waals surface area contributed by atoms with E-state index in [4.69, 9.17) is 4.74 Å². The van der Waals surface area contributed by atoms with Crippen molar-refractivity contribution in [1.29, 1.82) is 0 Å². The quantitative estimate of drug-likeness (QED) is 0.542. The second-order valence-electron chi connectivity index (χ2n) is 5.59. The molecule has 2 bridgehead atoms. The van der Waals surface area contributed by atoms with Crippen molar-refractivity contribution in [1.82, 2.24) is 9.80 Å². The maximum Gasteiger partial charge on any atom is 0.313 e. The fourth-order valence-electron chi connectivity index (χ4n) is 3.20. The molecule has 0 aromatic heterocycles. The maximum atomic E-state index is 11.8. The molecule has 2 heterocycles. The number of fused-ring (bicyclic) bond motifs is 2. The number of likely N-dealkylation sites (tertiary alicyclic amines) is 1. The van der Waals surface area contributed by atoms with Crippen molar-refractivity contribution >= 4 is 11.8 Å². The smallest absolute Gasteiger partial charge is 0.313 e. The van der Waals surface area contributed by atoms with Crippen molar-refractivity contribution < 1.29 is 14.3 Å². The first kappa shape index (κ1) is 14.5. The standard InChI is InChI=1S/C14H24N2O3/c1-3-19-14(18)8-13(17)10-16-7-6-11-4-5-12(9-16)15(11)2/h11-12H,3-10H2,1-2H3. The molecule has 5 nitrogen and oxygen atoms in total. The molecule has 2 aliphatic heterocycles. The van der Waals surface area contributed by atoms with E-state index in [1.807, 2.05) is 0 Å². The van der Waals surface area contributed by atoms with Gasteiger partial charge in [0.1, 0.15) is 6.42 Å². The van der Waals surface area contributed by atoms with Gasteiger partial charge in [-0.25, -0.2) is 0 Å². The molecule has 0 aromatic rings. The molecule has 0 spiro atoms. The highest BCUT2D eigenvalue weighted by molar-refractivity contribution is 5.96. The van der Waals surface area contributed by atoms with E-state index < -0.39 is 5.97 Å². The monoisotopic (exact) mass is 268 g/mol. The number of ether oxygens (including phenoxy) is 1. The first-order valence-corrected chi connectivity index (χ1v) is 7.21. The summed E-state index contributed by atoms with van der Waals surface area (Å²) in [5, 5.41) is 0. The summed E-state index contributed by atoms with van der Waals surface area (Å²) in [6, 6.07) is 1.25. The predicted octanol–water partition coefficient (Wildman–Crippen LogP) is 0.677. The van der Waals surface area contributed by atoms with E-state index in [-0.39, 0.29) is 12.2 Å². The van der Waals surface area contributed by atoms with Gasteiger partial charge < -0.3 is 4.74 Å². The zero-order valence-corrected chi connectivity index (χ0v) is 11.9. The summed E-state index contributed by atoms with van der Waals surface area (Å²) in [5.41, 5.74) is 0. The Morgan fingerprint density at radius 2 is 1.95 bits per heavy atom. The summed E-state index contributed by atoms with van der Waals surface area (Å²) < 4.78 is 4.81. The second kappa shape index (κ2) is 6.48. The predicted molar refractivity (Wildman–Crippen MR) is 71.9 cm³/mol. The lowest BCUT2D eigenvalue weighted by Crippen LogP contribution is -2.39. The van der Waals surface area contributed by atoms with Crippen LogP contribution in [0.15, 0.2) is 0 Å². The summed E-state index contributed by atoms with van der Waals surface area (Å²) >= 11 is 0. The third kappa shape index (κ3) is 3.76. The first-order valence-electron chi connectivity index (χ1n) is 7.21. The Hall–Kier alpha value is -0.940. The first-order chi connectivity index (χ1) is 9.10. The zero-order valence-electron chi connectivity index (χ0n) is 11.9. The van der Waals surface area contributed by atoms with Crippen LogP contribution in [0.25, 0.3) is 0 Å². The second-order valence-corrected chi connectivity index (χ2v) is 5.59. The molecule has 0 amide bonds. The van der Waals surface area contributed by atoms with Gasteiger partial charge in [0.15, 0.2) is 5.78 Å². The summed E-state index contributed by atoms with van der Waals surface area (Å²) in [4.78, 5) is 27.8. The van der Waals surface area contributed by atoms with E-state index >= 15 is 0 Å². The summed E-state index contributed by atoms with van der Waals surface area (Å²) in [7, 11) is 2.19. The van der Waals surface area contributed by atoms with Gasteiger partial charge in [0.05, 0.1) is 13.2 Å². The minimum atomic E-state index is -0.402. The third-order valence-electron chi connectivity index (χ3n) is 4.28. The fourth-order valence-corrected chi connectivity index (χ4v) is 3.20. The summed E-state index contributed by atoms with van der Waals surface area (Å²) in [6.07, 6.45) is 3.55. The van der Waals surface area contributed by atoms with Crippen molar-refractivity contribution in [2.45, 2.75) is 44.7 Å². The molecule has 2 aliphatic rings. The lowest BCUT2D eigenvalue weighted by molar-refractivity contribution is -0.145. The lowest BCUT2D eigenvalue weighted by Gasteiger charge is -2.24. The van der Waals surface area contributed by atoms with Crippen LogP contribution in [0.5, 0.6) is 0 Å². The van der Waals surface area contributed by atoms with Crippen LogP contribution in [0.1, 0.15) is 32.6 Å². The molecule has 2 saturated heterocycles. The molecule has 0 aromatic carbocycles. The van der Waals surface area contributed by atoms with Crippen molar-refractivity contribution in [2.24, 2.45) is 0 Å². The Balaban J connectivity index is 1.80. The Kier molecular flexibility index (Phi) is 4.93. The highest BCUT2D eigenvalue weighted by Gasteiger charge is 2.34. The molecule has 19 heavy (non-hydrogen) atoms. The van der Waals surface area contributed by atoms with Gasteiger partial charge in [0, 0.05) is 25.2 Å². The minimum Gasteiger partial charge on any atom is -0.466 e. The van der Waals surface area contributed by atoms with E-state index in [1.54, 1.807) is 6.92 Å². The van der Waals surface area contributed by atoms with E-state index in [1.165, 1.54) is 12.8 Å². The van der Waals surface area contributed by atoms with Crippen molar-refractivity contribution in [2.75, 3.05) is 33.3 Å². The van der Waals surface area contributed by atoms with Crippen LogP contribution in [-0.2, 0) is 14.3 Å². The van der Waals surface area contributed by atoms with Crippen LogP contribution >= 0.6 is 0 Å². The molecule has 108 valence electrons. The summed E-state index contributed by atoms with van der Waals surface area (Å²) in [6.45, 7) is 4.38. The van der Waals surface area contributed by atoms with Crippen molar-refractivity contribution in [3.8, 4) is 0 Å². The van der Waals surface area contributed by atoms with Crippen LogP contribution in [0.2, 0.25) is 0 Å². The molecule has 0 radical (unpaired) electrons. The molecule has 0 aliphatic carbocycles. The summed E-state index contributed by atoms with van der Waals surface area (Å²) in [5.74, 6) is -0.431. The largest absolute Gasteiger partial charge is 0.466 e. The molecule has 0 saturated carbocycles. The number of rotatable bonds is 5. The zero-order chi connectivity index (χ0) is 13.8. The van der Waals surface area contributed by atoms with Gasteiger partial charge in [0.25, 0.3) is 0 Å². The Morgan fingerprint density at radius 1 is 1.21 bits per heavy atom. The Morgan fingerprint density at radius 3 is 2.68 bits per heavy atom. The number of nitrogens with zero attached hydrogens (tertiary/aromatic N) is 2. The van der Waals surface area contributed by atoms with Crippen molar-refractivity contribution in [3.63, 3.8) is 0 Å². The lowest BCUT2D eigenvalue weighted by atomic mass is 10.1. The molecule has 5 heteroatoms. The number of carbonyl (C=O) groups excluding carboxylic acids is 2. The number of hydrogen-bond donors (Lipinski definition) is 0. The Labute approximate surface area is 114 Å². The molecule has 0 N–H and O–H groups in total. The van der Waals surface area contributed by atoms with E-state index in [9.17, 15) is 9.59 Å². The number of carbonyl (C=O) groups is 2. The van der Waals surface area contributed by atoms with Crippen LogP contribution < -0.4 is 0 Å². The third-order valence-corrected chi connectivity index (χ3v) is 4.28. The normalized spacial score (nSPS) is 28.1. The van der Waals surface area contributed by atoms with Crippen LogP contribution in [0.4, 0.5) is 0 Å². The highest BCUT2D eigenvalue weighted by atomic mass is 16.5. The van der Waals surface area contributed by atoms with Gasteiger partial charge >= 0.3 is 5.97 Å². The topological polar surface area (TPSA) is 49.9 Å². The molecule has 2 fully saturated rings.